The molecule has 3 aromatic rings. The fourth-order valence-corrected chi connectivity index (χ4v) is 14.2. The Hall–Kier alpha value is -6.99. The van der Waals surface area contributed by atoms with Crippen LogP contribution in [0.15, 0.2) is 54.1 Å². The number of nitrogens with zero attached hydrogens (tertiary/aromatic N) is 5. The molecule has 1 aliphatic carbocycles. The van der Waals surface area contributed by atoms with Gasteiger partial charge in [0.25, 0.3) is 5.91 Å². The van der Waals surface area contributed by atoms with Gasteiger partial charge in [0, 0.05) is 90.5 Å². The number of esters is 1. The maximum Gasteiger partial charge on any atom is 0.409 e. The highest BCUT2D eigenvalue weighted by Crippen LogP contribution is 2.49. The second-order valence-electron chi connectivity index (χ2n) is 26.7. The zero-order valence-corrected chi connectivity index (χ0v) is 60.2. The second-order valence-corrected chi connectivity index (χ2v) is 28.3. The lowest BCUT2D eigenvalue weighted by atomic mass is 9.75. The number of aliphatic hydroxyl groups is 1. The molecule has 1 aromatic heterocycles. The number of likely N-dealkylation sites (N-methyl/N-ethyl adjacent to an activating group) is 1. The minimum Gasteiger partial charge on any atom is -0.495 e. The maximum atomic E-state index is 14.4. The molecule has 0 radical (unpaired) electrons. The molecule has 6 amide bonds. The van der Waals surface area contributed by atoms with Gasteiger partial charge in [0.2, 0.25) is 23.6 Å². The van der Waals surface area contributed by atoms with Gasteiger partial charge in [0.15, 0.2) is 11.5 Å². The number of aryl methyl sites for hydroxylation is 1. The van der Waals surface area contributed by atoms with Gasteiger partial charge in [-0.05, 0) is 94.7 Å². The summed E-state index contributed by atoms with van der Waals surface area (Å²) in [6, 6.07) is 7.69. The number of methoxy groups -OCH3 is 2. The van der Waals surface area contributed by atoms with Gasteiger partial charge in [-0.25, -0.2) is 14.3 Å². The number of hydrogen-bond donors (Lipinski definition) is 4. The average Bonchev–Trinajstić information content (AvgIpc) is 1.58. The molecule has 0 spiro atoms. The summed E-state index contributed by atoms with van der Waals surface area (Å²) < 4.78 is 59.6. The van der Waals surface area contributed by atoms with Crippen molar-refractivity contribution >= 4 is 82.1 Å². The molecule has 4 bridgehead atoms. The number of epoxide rings is 1. The van der Waals surface area contributed by atoms with Crippen molar-refractivity contribution in [1.29, 1.82) is 0 Å². The number of rotatable bonds is 32. The van der Waals surface area contributed by atoms with Crippen molar-refractivity contribution < 1.29 is 90.8 Å². The van der Waals surface area contributed by atoms with E-state index in [2.05, 4.69) is 24.5 Å². The van der Waals surface area contributed by atoms with Crippen molar-refractivity contribution in [2.45, 2.75) is 153 Å². The maximum absolute atomic E-state index is 14.4. The fourth-order valence-electron chi connectivity index (χ4n) is 12.8. The minimum atomic E-state index is -1.89. The largest absolute Gasteiger partial charge is 0.495 e. The molecular formula is C70H97ClN8O19S. The number of ether oxygens (including phenoxy) is 10. The van der Waals surface area contributed by atoms with Crippen LogP contribution in [-0.4, -0.2) is 232 Å². The Labute approximate surface area is 587 Å². The molecule has 5 aliphatic rings. The van der Waals surface area contributed by atoms with Crippen LogP contribution in [-0.2, 0) is 79.4 Å². The fraction of sp³-hybridized carbons (Fsp3) is 0.614. The number of hydrogen-bond acceptors (Lipinski definition) is 22. The van der Waals surface area contributed by atoms with Crippen LogP contribution >= 0.6 is 23.4 Å². The highest BCUT2D eigenvalue weighted by Gasteiger charge is 2.64. The number of thioether (sulfide) groups is 1. The number of imide groups is 1. The number of alkyl carbamates (subject to hydrolysis) is 1. The minimum absolute atomic E-state index is 0.0152. The first-order chi connectivity index (χ1) is 47.1. The van der Waals surface area contributed by atoms with E-state index in [9.17, 15) is 43.5 Å². The normalized spacial score (nSPS) is 25.0. The highest BCUT2D eigenvalue weighted by molar-refractivity contribution is 8.00. The van der Waals surface area contributed by atoms with Crippen LogP contribution in [0.5, 0.6) is 5.75 Å². The topological polar surface area (TPSA) is 330 Å². The van der Waals surface area contributed by atoms with E-state index in [-0.39, 0.29) is 59.6 Å². The van der Waals surface area contributed by atoms with Crippen LogP contribution in [0.2, 0.25) is 5.02 Å². The second kappa shape index (κ2) is 35.1. The van der Waals surface area contributed by atoms with E-state index in [0.717, 1.165) is 22.5 Å². The molecule has 99 heavy (non-hydrogen) atoms. The number of Topliss-reactive ketones (excluding diaryl/α,β-unsaturated/α-hetero) is 1. The van der Waals surface area contributed by atoms with Gasteiger partial charge < -0.3 is 73.3 Å². The summed E-state index contributed by atoms with van der Waals surface area (Å²) in [6.07, 6.45) is 2.49. The van der Waals surface area contributed by atoms with E-state index in [1.807, 2.05) is 26.0 Å². The molecule has 9 atom stereocenters. The number of allylic oxidation sites excluding steroid dienone is 3. The number of anilines is 2. The van der Waals surface area contributed by atoms with Crippen molar-refractivity contribution in [2.24, 2.45) is 17.1 Å². The zero-order chi connectivity index (χ0) is 71.9. The average molecular weight is 1420 g/mol. The van der Waals surface area contributed by atoms with Crippen LogP contribution in [0.4, 0.5) is 16.2 Å². The predicted molar refractivity (Wildman–Crippen MR) is 368 cm³/mol. The summed E-state index contributed by atoms with van der Waals surface area (Å²) >= 11 is 8.03. The zero-order valence-electron chi connectivity index (χ0n) is 58.6. The molecular weight excluding hydrogens is 1320 g/mol. The van der Waals surface area contributed by atoms with Crippen LogP contribution in [0, 0.1) is 18.3 Å². The summed E-state index contributed by atoms with van der Waals surface area (Å²) in [6.45, 7) is 17.2. The van der Waals surface area contributed by atoms with Crippen LogP contribution in [0.3, 0.4) is 0 Å². The van der Waals surface area contributed by atoms with Crippen molar-refractivity contribution in [3.8, 4) is 11.4 Å². The monoisotopic (exact) mass is 1420 g/mol. The van der Waals surface area contributed by atoms with Gasteiger partial charge in [-0.15, -0.1) is 11.8 Å². The molecule has 5 heterocycles. The molecule has 3 fully saturated rings. The molecule has 29 heteroatoms. The Morgan fingerprint density at radius 3 is 2.21 bits per heavy atom. The quantitative estimate of drug-likeness (QED) is 0.0225. The van der Waals surface area contributed by atoms with Gasteiger partial charge in [-0.3, -0.25) is 39.0 Å². The van der Waals surface area contributed by atoms with Gasteiger partial charge >= 0.3 is 12.1 Å². The first-order valence-corrected chi connectivity index (χ1v) is 35.0. The molecule has 4 aliphatic heterocycles. The number of aromatic nitrogens is 2. The summed E-state index contributed by atoms with van der Waals surface area (Å²) in [5, 5.41) is 21.9. The van der Waals surface area contributed by atoms with Crippen LogP contribution in [0.1, 0.15) is 124 Å². The van der Waals surface area contributed by atoms with Gasteiger partial charge in [0.05, 0.1) is 112 Å². The van der Waals surface area contributed by atoms with Gasteiger partial charge in [-0.1, -0.05) is 56.2 Å². The van der Waals surface area contributed by atoms with E-state index < -0.39 is 89.2 Å². The number of carbonyl (C=O) groups excluding carboxylic acids is 8. The summed E-state index contributed by atoms with van der Waals surface area (Å²) in [4.78, 5) is 111. The third-order valence-corrected chi connectivity index (χ3v) is 20.1. The smallest absolute Gasteiger partial charge is 0.409 e. The van der Waals surface area contributed by atoms with Crippen molar-refractivity contribution in [3.63, 3.8) is 0 Å². The van der Waals surface area contributed by atoms with Gasteiger partial charge in [0.1, 0.15) is 40.7 Å². The van der Waals surface area contributed by atoms with Gasteiger partial charge in [-0.2, -0.15) is 5.10 Å². The van der Waals surface area contributed by atoms with E-state index in [1.54, 1.807) is 62.0 Å². The molecule has 1 unspecified atom stereocenters. The Bertz CT molecular complexity index is 3480. The number of nitrogens with two attached hydrogens (primary N) is 1. The number of primary amides is 1. The first-order valence-electron chi connectivity index (χ1n) is 33.6. The SMILES string of the molecule is COc1cc2cc(c1Cl)N(C)C(=O)C[C@@H](OC(=O)[C@@H](C)N(C)C(=O)CCSC1CC(=O)N(CCCOCCOCCOCCOCCOCCCNc3cc(-n4nc(C)c5c4CC(C)(C)CC5=O)ccc3C(N)=O)C1=O)[C@]1(C)O[C@@H]1[C@@H](C)[C@H]1C[C@](O)(NC(=O)O1)[C@@H](OC)/C=C/C=C(\C)C2. The molecule has 2 aromatic carbocycles. The lowest BCUT2D eigenvalue weighted by Gasteiger charge is -2.42. The third kappa shape index (κ3) is 20.0. The number of halogens is 1. The number of ketones is 1. The number of benzene rings is 2. The predicted octanol–water partition coefficient (Wildman–Crippen LogP) is 6.49. The van der Waals surface area contributed by atoms with Crippen molar-refractivity contribution in [1.82, 2.24) is 24.9 Å². The number of nitrogens with one attached hydrogen (secondary N) is 2. The number of amides is 6. The van der Waals surface area contributed by atoms with E-state index >= 15 is 0 Å². The molecule has 3 saturated heterocycles. The van der Waals surface area contributed by atoms with E-state index in [4.69, 9.17) is 69.8 Å². The summed E-state index contributed by atoms with van der Waals surface area (Å²) in [7, 11) is 5.88. The van der Waals surface area contributed by atoms with E-state index in [1.165, 1.54) is 54.7 Å². The lowest BCUT2D eigenvalue weighted by Crippen LogP contribution is -2.63. The number of likely N-dealkylation sites (tertiary alicyclic amines) is 1. The Kier molecular flexibility index (Phi) is 27.5. The Morgan fingerprint density at radius 1 is 0.909 bits per heavy atom. The Morgan fingerprint density at radius 2 is 1.57 bits per heavy atom. The summed E-state index contributed by atoms with van der Waals surface area (Å²) in [5.74, 6) is -2.97. The lowest BCUT2D eigenvalue weighted by molar-refractivity contribution is -0.162. The number of fused-ring (bicyclic) bond motifs is 6. The first kappa shape index (κ1) is 77.7. The summed E-state index contributed by atoms with van der Waals surface area (Å²) in [5.41, 5.74) is 8.20. The molecule has 0 saturated carbocycles. The van der Waals surface area contributed by atoms with Crippen LogP contribution < -0.4 is 26.0 Å². The van der Waals surface area contributed by atoms with Crippen LogP contribution in [0.25, 0.3) is 5.69 Å². The highest BCUT2D eigenvalue weighted by atomic mass is 35.5. The molecule has 27 nitrogen and oxygen atoms in total. The molecule has 5 N–H and O–H groups in total. The van der Waals surface area contributed by atoms with E-state index in [0.29, 0.717) is 139 Å². The standard InChI is InChI=1S/C70H97ClN8O19S/c1-42-15-12-16-56(90-11)70(88)41-54(96-67(87)74-70)43(2)63-69(7,98-63)57(38-59(82)77(9)50-34-46(33-42)35-53(89-10)62(50)71)97-66(86)45(4)76(8)58(81)19-32-99-55-37-60(83)78(65(55)85)21-14-23-92-25-27-94-29-31-95-30-28-93-26-24-91-22-13-20-73-49-36-47(17-18-48(49)64(72)84)79-51-39-68(5,6)40-52(80)61(51)44(3)75-79/h12,15-18,34-36,43,45,54-57,63,73,88H,13-14,19-33,37-41H2,1-11H3,(H2,72,84)(H,74,87)/b16-12+,42-15+/t43-,45+,54+,55?,56-,57+,63+,69-,70+/m0/s1. The molecule has 544 valence electrons. The molecule has 8 rings (SSSR count). The Balaban J connectivity index is 0.689. The number of carbonyl (C=O) groups is 8. The van der Waals surface area contributed by atoms with Crippen molar-refractivity contribution in [3.05, 3.63) is 87.2 Å². The third-order valence-electron chi connectivity index (χ3n) is 18.5. The van der Waals surface area contributed by atoms with Crippen molar-refractivity contribution in [2.75, 3.05) is 123 Å².